The highest BCUT2D eigenvalue weighted by Crippen LogP contribution is 2.31. The molecule has 2 aromatic heterocycles. The second-order valence-corrected chi connectivity index (χ2v) is 4.70. The van der Waals surface area contributed by atoms with Crippen LogP contribution in [-0.4, -0.2) is 27.0 Å². The number of rotatable bonds is 3. The predicted molar refractivity (Wildman–Crippen MR) is 77.8 cm³/mol. The highest BCUT2D eigenvalue weighted by atomic mass is 35.5. The van der Waals surface area contributed by atoms with Crippen LogP contribution in [0.15, 0.2) is 24.5 Å². The maximum atomic E-state index is 5.96. The minimum Gasteiger partial charge on any atom is -0.437 e. The number of hydrogen-bond acceptors (Lipinski definition) is 5. The Labute approximate surface area is 124 Å². The van der Waals surface area contributed by atoms with Gasteiger partial charge >= 0.3 is 0 Å². The number of nitrogens with zero attached hydrogens (tertiary/aromatic N) is 3. The third kappa shape index (κ3) is 2.35. The van der Waals surface area contributed by atoms with Gasteiger partial charge in [-0.05, 0) is 12.1 Å². The van der Waals surface area contributed by atoms with Crippen molar-refractivity contribution in [1.29, 1.82) is 0 Å². The zero-order valence-corrected chi connectivity index (χ0v) is 11.8. The molecule has 0 radical (unpaired) electrons. The lowest BCUT2D eigenvalue weighted by Gasteiger charge is -2.07. The van der Waals surface area contributed by atoms with Crippen LogP contribution in [0.4, 0.5) is 5.95 Å². The molecule has 0 atom stereocenters. The summed E-state index contributed by atoms with van der Waals surface area (Å²) in [6, 6.07) is 4.98. The number of H-pyrrole nitrogens is 1. The molecule has 0 saturated carbocycles. The molecule has 0 amide bonds. The molecule has 8 heteroatoms. The molecule has 2 heterocycles. The van der Waals surface area contributed by atoms with E-state index >= 15 is 0 Å². The fourth-order valence-electron chi connectivity index (χ4n) is 1.64. The van der Waals surface area contributed by atoms with E-state index in [1.807, 2.05) is 0 Å². The molecule has 0 fully saturated rings. The number of aromatic nitrogens is 4. The molecule has 0 bridgehead atoms. The molecule has 0 spiro atoms. The summed E-state index contributed by atoms with van der Waals surface area (Å²) in [4.78, 5) is 15.5. The molecule has 1 aromatic carbocycles. The second-order valence-electron chi connectivity index (χ2n) is 3.88. The third-order valence-corrected chi connectivity index (χ3v) is 3.32. The highest BCUT2D eigenvalue weighted by Gasteiger charge is 2.12. The number of halogens is 2. The van der Waals surface area contributed by atoms with Crippen molar-refractivity contribution < 1.29 is 4.74 Å². The van der Waals surface area contributed by atoms with E-state index in [0.29, 0.717) is 38.8 Å². The summed E-state index contributed by atoms with van der Waals surface area (Å²) in [5, 5.41) is 3.72. The second kappa shape index (κ2) is 5.15. The molecule has 20 heavy (non-hydrogen) atoms. The first-order chi connectivity index (χ1) is 9.67. The van der Waals surface area contributed by atoms with Crippen LogP contribution in [0.3, 0.4) is 0 Å². The Morgan fingerprint density at radius 2 is 2.05 bits per heavy atom. The summed E-state index contributed by atoms with van der Waals surface area (Å²) >= 11 is 11.8. The lowest BCUT2D eigenvalue weighted by molar-refractivity contribution is 0.468. The van der Waals surface area contributed by atoms with Crippen molar-refractivity contribution in [1.82, 2.24) is 19.9 Å². The molecule has 3 rings (SSSR count). The molecule has 2 N–H and O–H groups in total. The molecule has 102 valence electrons. The van der Waals surface area contributed by atoms with Crippen LogP contribution in [0.5, 0.6) is 11.6 Å². The molecule has 0 saturated heterocycles. The standard InChI is InChI=1S/C12H9Cl2N5O/c1-15-12-18-10-9(16-5-17-10)11(19-12)20-6-2-3-7(13)8(14)4-6/h2-5H,1H3,(H2,15,16,17,18,19). The maximum Gasteiger partial charge on any atom is 0.250 e. The Morgan fingerprint density at radius 3 is 2.80 bits per heavy atom. The number of imidazole rings is 1. The van der Waals surface area contributed by atoms with Gasteiger partial charge in [0, 0.05) is 13.1 Å². The van der Waals surface area contributed by atoms with Gasteiger partial charge in [-0.3, -0.25) is 0 Å². The van der Waals surface area contributed by atoms with Crippen LogP contribution in [0.25, 0.3) is 11.2 Å². The minimum atomic E-state index is 0.357. The summed E-state index contributed by atoms with van der Waals surface area (Å²) in [6.45, 7) is 0. The van der Waals surface area contributed by atoms with Gasteiger partial charge in [-0.25, -0.2) is 4.98 Å². The fraction of sp³-hybridized carbons (Fsp3) is 0.0833. The van der Waals surface area contributed by atoms with Gasteiger partial charge < -0.3 is 15.0 Å². The topological polar surface area (TPSA) is 75.7 Å². The van der Waals surface area contributed by atoms with E-state index < -0.39 is 0 Å². The molecule has 6 nitrogen and oxygen atoms in total. The Balaban J connectivity index is 2.04. The van der Waals surface area contributed by atoms with Gasteiger partial charge in [0.15, 0.2) is 5.65 Å². The van der Waals surface area contributed by atoms with Crippen molar-refractivity contribution >= 4 is 40.3 Å². The van der Waals surface area contributed by atoms with Crippen LogP contribution in [0.2, 0.25) is 10.0 Å². The fourth-order valence-corrected chi connectivity index (χ4v) is 1.93. The molecule has 0 aliphatic heterocycles. The van der Waals surface area contributed by atoms with Crippen molar-refractivity contribution in [3.05, 3.63) is 34.6 Å². The van der Waals surface area contributed by atoms with Crippen LogP contribution < -0.4 is 10.1 Å². The number of nitrogens with one attached hydrogen (secondary N) is 2. The van der Waals surface area contributed by atoms with Crippen LogP contribution in [0, 0.1) is 0 Å². The monoisotopic (exact) mass is 309 g/mol. The van der Waals surface area contributed by atoms with Gasteiger partial charge in [0.05, 0.1) is 16.4 Å². The third-order valence-electron chi connectivity index (χ3n) is 2.58. The molecule has 0 unspecified atom stereocenters. The van der Waals surface area contributed by atoms with Gasteiger partial charge in [0.1, 0.15) is 11.3 Å². The SMILES string of the molecule is CNc1nc(Oc2ccc(Cl)c(Cl)c2)c2[nH]cnc2n1. The van der Waals surface area contributed by atoms with E-state index in [1.165, 1.54) is 6.33 Å². The Kier molecular flexibility index (Phi) is 3.33. The highest BCUT2D eigenvalue weighted by molar-refractivity contribution is 6.42. The van der Waals surface area contributed by atoms with Crippen LogP contribution in [0.1, 0.15) is 0 Å². The summed E-state index contributed by atoms with van der Waals surface area (Å²) in [5.41, 5.74) is 1.12. The van der Waals surface area contributed by atoms with Crippen LogP contribution in [-0.2, 0) is 0 Å². The lowest BCUT2D eigenvalue weighted by Crippen LogP contribution is -1.99. The van der Waals surface area contributed by atoms with Crippen molar-refractivity contribution in [2.75, 3.05) is 12.4 Å². The van der Waals surface area contributed by atoms with Crippen molar-refractivity contribution in [3.63, 3.8) is 0 Å². The molecule has 0 aliphatic carbocycles. The number of ether oxygens (including phenoxy) is 1. The van der Waals surface area contributed by atoms with Crippen LogP contribution >= 0.6 is 23.2 Å². The number of fused-ring (bicyclic) bond motifs is 1. The molecule has 0 aliphatic rings. The first-order valence-electron chi connectivity index (χ1n) is 5.69. The van der Waals surface area contributed by atoms with Gasteiger partial charge in [-0.1, -0.05) is 23.2 Å². The minimum absolute atomic E-state index is 0.357. The van der Waals surface area contributed by atoms with E-state index in [2.05, 4.69) is 25.3 Å². The average Bonchev–Trinajstić information content (AvgIpc) is 2.91. The zero-order valence-electron chi connectivity index (χ0n) is 10.3. The van der Waals surface area contributed by atoms with Crippen molar-refractivity contribution in [3.8, 4) is 11.6 Å². The number of aromatic amines is 1. The van der Waals surface area contributed by atoms with E-state index in [9.17, 15) is 0 Å². The Morgan fingerprint density at radius 1 is 1.20 bits per heavy atom. The van der Waals surface area contributed by atoms with E-state index in [4.69, 9.17) is 27.9 Å². The molecular weight excluding hydrogens is 301 g/mol. The lowest BCUT2D eigenvalue weighted by atomic mass is 10.3. The smallest absolute Gasteiger partial charge is 0.250 e. The maximum absolute atomic E-state index is 5.96. The van der Waals surface area contributed by atoms with E-state index in [0.717, 1.165) is 0 Å². The number of benzene rings is 1. The van der Waals surface area contributed by atoms with Gasteiger partial charge in [-0.15, -0.1) is 0 Å². The van der Waals surface area contributed by atoms with Gasteiger partial charge in [0.25, 0.3) is 5.88 Å². The number of anilines is 1. The molecular formula is C12H9Cl2N5O. The normalized spacial score (nSPS) is 10.8. The first kappa shape index (κ1) is 13.0. The summed E-state index contributed by atoms with van der Waals surface area (Å²) in [7, 11) is 1.72. The largest absolute Gasteiger partial charge is 0.437 e. The Bertz CT molecular complexity index is 774. The summed E-state index contributed by atoms with van der Waals surface area (Å²) < 4.78 is 5.72. The van der Waals surface area contributed by atoms with Crippen molar-refractivity contribution in [2.24, 2.45) is 0 Å². The summed E-state index contributed by atoms with van der Waals surface area (Å²) in [5.74, 6) is 1.30. The average molecular weight is 310 g/mol. The van der Waals surface area contributed by atoms with Gasteiger partial charge in [0.2, 0.25) is 5.95 Å². The van der Waals surface area contributed by atoms with E-state index in [1.54, 1.807) is 25.2 Å². The summed E-state index contributed by atoms with van der Waals surface area (Å²) in [6.07, 6.45) is 1.53. The Hall–Kier alpha value is -2.05. The number of hydrogen-bond donors (Lipinski definition) is 2. The van der Waals surface area contributed by atoms with Gasteiger partial charge in [-0.2, -0.15) is 9.97 Å². The van der Waals surface area contributed by atoms with Crippen molar-refractivity contribution in [2.45, 2.75) is 0 Å². The quantitative estimate of drug-likeness (QED) is 0.774. The molecule has 3 aromatic rings. The van der Waals surface area contributed by atoms with E-state index in [-0.39, 0.29) is 0 Å². The first-order valence-corrected chi connectivity index (χ1v) is 6.45. The predicted octanol–water partition coefficient (Wildman–Crippen LogP) is 3.49. The zero-order chi connectivity index (χ0) is 14.1.